The van der Waals surface area contributed by atoms with Gasteiger partial charge in [-0.3, -0.25) is 4.99 Å². The zero-order valence-electron chi connectivity index (χ0n) is 12.6. The maximum Gasteiger partial charge on any atom is 0.191 e. The Kier molecular flexibility index (Phi) is 9.74. The number of thioether (sulfide) groups is 1. The molecule has 1 aliphatic rings. The summed E-state index contributed by atoms with van der Waals surface area (Å²) in [5.74, 6) is 1.89. The van der Waals surface area contributed by atoms with Gasteiger partial charge in [0.2, 0.25) is 0 Å². The molecule has 7 heteroatoms. The molecule has 124 valence electrons. The molecule has 0 aliphatic carbocycles. The normalized spacial score (nSPS) is 18.0. The molecule has 2 N–H and O–H groups in total. The molecule has 1 saturated heterocycles. The van der Waals surface area contributed by atoms with Gasteiger partial charge in [-0.2, -0.15) is 11.8 Å². The summed E-state index contributed by atoms with van der Waals surface area (Å²) in [6.45, 7) is 1.74. The molecule has 1 heterocycles. The van der Waals surface area contributed by atoms with Crippen LogP contribution in [-0.4, -0.2) is 37.1 Å². The van der Waals surface area contributed by atoms with Crippen molar-refractivity contribution in [2.75, 3.05) is 25.9 Å². The maximum absolute atomic E-state index is 13.2. The summed E-state index contributed by atoms with van der Waals surface area (Å²) in [4.78, 5) is 4.23. The van der Waals surface area contributed by atoms with E-state index in [0.29, 0.717) is 9.72 Å². The van der Waals surface area contributed by atoms with E-state index in [4.69, 9.17) is 0 Å². The molecular formula is C15H22BrFIN3S. The lowest BCUT2D eigenvalue weighted by Gasteiger charge is -2.14. The van der Waals surface area contributed by atoms with Crippen LogP contribution in [-0.2, 0) is 6.42 Å². The number of halogens is 3. The van der Waals surface area contributed by atoms with E-state index in [1.807, 2.05) is 23.9 Å². The zero-order chi connectivity index (χ0) is 15.1. The minimum atomic E-state index is -0.224. The molecule has 1 aliphatic heterocycles. The van der Waals surface area contributed by atoms with E-state index >= 15 is 0 Å². The summed E-state index contributed by atoms with van der Waals surface area (Å²) in [7, 11) is 1.78. The molecule has 0 saturated carbocycles. The second-order valence-electron chi connectivity index (χ2n) is 5.01. The molecule has 1 atom stereocenters. The van der Waals surface area contributed by atoms with Crippen LogP contribution in [0.1, 0.15) is 18.4 Å². The van der Waals surface area contributed by atoms with Crippen molar-refractivity contribution in [2.24, 2.45) is 4.99 Å². The number of guanidine groups is 1. The van der Waals surface area contributed by atoms with Crippen molar-refractivity contribution in [2.45, 2.75) is 24.5 Å². The Bertz CT molecular complexity index is 496. The molecule has 1 aromatic carbocycles. The third-order valence-electron chi connectivity index (χ3n) is 3.43. The number of rotatable bonds is 5. The van der Waals surface area contributed by atoms with Crippen molar-refractivity contribution >= 4 is 57.6 Å². The molecule has 22 heavy (non-hydrogen) atoms. The van der Waals surface area contributed by atoms with Gasteiger partial charge in [-0.25, -0.2) is 4.39 Å². The second kappa shape index (κ2) is 10.7. The predicted octanol–water partition coefficient (Wildman–Crippen LogP) is 3.81. The van der Waals surface area contributed by atoms with E-state index < -0.39 is 0 Å². The first-order valence-electron chi connectivity index (χ1n) is 7.19. The minimum absolute atomic E-state index is 0. The standard InChI is InChI=1S/C15H21BrFN3S.HI/c1-18-15(20-10-12-3-2-8-21-12)19-7-6-11-4-5-14(17)13(16)9-11;/h4-5,9,12H,2-3,6-8,10H2,1H3,(H2,18,19,20);1H. The first kappa shape index (κ1) is 20.0. The molecule has 2 rings (SSSR count). The average Bonchev–Trinajstić information content (AvgIpc) is 2.99. The van der Waals surface area contributed by atoms with Crippen molar-refractivity contribution in [3.05, 3.63) is 34.1 Å². The maximum atomic E-state index is 13.2. The predicted molar refractivity (Wildman–Crippen MR) is 108 cm³/mol. The topological polar surface area (TPSA) is 36.4 Å². The highest BCUT2D eigenvalue weighted by Crippen LogP contribution is 2.25. The number of benzene rings is 1. The molecule has 0 spiro atoms. The number of nitrogens with zero attached hydrogens (tertiary/aromatic N) is 1. The summed E-state index contributed by atoms with van der Waals surface area (Å²) in [6.07, 6.45) is 3.44. The van der Waals surface area contributed by atoms with E-state index in [9.17, 15) is 4.39 Å². The third-order valence-corrected chi connectivity index (χ3v) is 5.44. The Hall–Kier alpha value is -0.0200. The molecule has 3 nitrogen and oxygen atoms in total. The fourth-order valence-electron chi connectivity index (χ4n) is 2.26. The average molecular weight is 502 g/mol. The lowest BCUT2D eigenvalue weighted by Crippen LogP contribution is -2.40. The smallest absolute Gasteiger partial charge is 0.191 e. The van der Waals surface area contributed by atoms with Crippen LogP contribution in [0.2, 0.25) is 0 Å². The van der Waals surface area contributed by atoms with Crippen LogP contribution >= 0.6 is 51.7 Å². The van der Waals surface area contributed by atoms with Gasteiger partial charge in [0.1, 0.15) is 5.82 Å². The van der Waals surface area contributed by atoms with Crippen molar-refractivity contribution in [3.8, 4) is 0 Å². The molecule has 0 amide bonds. The number of hydrogen-bond donors (Lipinski definition) is 2. The molecule has 0 bridgehead atoms. The van der Waals surface area contributed by atoms with E-state index in [1.165, 1.54) is 24.7 Å². The summed E-state index contributed by atoms with van der Waals surface area (Å²) in [6, 6.07) is 5.12. The first-order chi connectivity index (χ1) is 10.2. The number of hydrogen-bond acceptors (Lipinski definition) is 2. The second-order valence-corrected chi connectivity index (χ2v) is 7.28. The molecule has 0 aromatic heterocycles. The van der Waals surface area contributed by atoms with E-state index in [2.05, 4.69) is 31.6 Å². The highest BCUT2D eigenvalue weighted by molar-refractivity contribution is 14.0. The van der Waals surface area contributed by atoms with Gasteiger partial charge in [-0.1, -0.05) is 6.07 Å². The SMILES string of the molecule is CN=C(NCCc1ccc(F)c(Br)c1)NCC1CCCS1.I. The van der Waals surface area contributed by atoms with E-state index in [-0.39, 0.29) is 29.8 Å². The van der Waals surface area contributed by atoms with Gasteiger partial charge in [-0.05, 0) is 58.6 Å². The van der Waals surface area contributed by atoms with Crippen LogP contribution < -0.4 is 10.6 Å². The van der Waals surface area contributed by atoms with Crippen LogP contribution in [0.15, 0.2) is 27.7 Å². The Balaban J connectivity index is 0.00000242. The summed E-state index contributed by atoms with van der Waals surface area (Å²) >= 11 is 5.24. The fraction of sp³-hybridized carbons (Fsp3) is 0.533. The zero-order valence-corrected chi connectivity index (χ0v) is 17.3. The third kappa shape index (κ3) is 6.62. The van der Waals surface area contributed by atoms with Gasteiger partial charge < -0.3 is 10.6 Å². The Morgan fingerprint density at radius 3 is 2.91 bits per heavy atom. The molecule has 1 unspecified atom stereocenters. The van der Waals surface area contributed by atoms with Crippen LogP contribution in [0.25, 0.3) is 0 Å². The Labute approximate surface area is 161 Å². The summed E-state index contributed by atoms with van der Waals surface area (Å²) in [5.41, 5.74) is 1.09. The van der Waals surface area contributed by atoms with Gasteiger partial charge in [0.25, 0.3) is 0 Å². The molecule has 1 aromatic rings. The quantitative estimate of drug-likeness (QED) is 0.366. The molecule has 1 fully saturated rings. The summed E-state index contributed by atoms with van der Waals surface area (Å²) in [5, 5.41) is 7.37. The fourth-order valence-corrected chi connectivity index (χ4v) is 3.88. The van der Waals surface area contributed by atoms with Gasteiger partial charge in [0.15, 0.2) is 5.96 Å². The monoisotopic (exact) mass is 501 g/mol. The van der Waals surface area contributed by atoms with Crippen LogP contribution in [0.4, 0.5) is 4.39 Å². The highest BCUT2D eigenvalue weighted by Gasteiger charge is 2.15. The van der Waals surface area contributed by atoms with Crippen molar-refractivity contribution < 1.29 is 4.39 Å². The van der Waals surface area contributed by atoms with Crippen molar-refractivity contribution in [1.82, 2.24) is 10.6 Å². The molecule has 0 radical (unpaired) electrons. The lowest BCUT2D eigenvalue weighted by molar-refractivity contribution is 0.620. The van der Waals surface area contributed by atoms with Crippen molar-refractivity contribution in [3.63, 3.8) is 0 Å². The number of aliphatic imine (C=N–C) groups is 1. The van der Waals surface area contributed by atoms with Gasteiger partial charge in [-0.15, -0.1) is 24.0 Å². The van der Waals surface area contributed by atoms with Gasteiger partial charge in [0.05, 0.1) is 4.47 Å². The largest absolute Gasteiger partial charge is 0.356 e. The van der Waals surface area contributed by atoms with Gasteiger partial charge >= 0.3 is 0 Å². The minimum Gasteiger partial charge on any atom is -0.356 e. The van der Waals surface area contributed by atoms with Gasteiger partial charge in [0, 0.05) is 25.4 Å². The van der Waals surface area contributed by atoms with E-state index in [1.54, 1.807) is 7.05 Å². The van der Waals surface area contributed by atoms with Crippen LogP contribution in [0, 0.1) is 5.82 Å². The summed E-state index contributed by atoms with van der Waals surface area (Å²) < 4.78 is 13.7. The Morgan fingerprint density at radius 1 is 1.45 bits per heavy atom. The van der Waals surface area contributed by atoms with E-state index in [0.717, 1.165) is 31.0 Å². The lowest BCUT2D eigenvalue weighted by atomic mass is 10.1. The van der Waals surface area contributed by atoms with Crippen LogP contribution in [0.3, 0.4) is 0 Å². The van der Waals surface area contributed by atoms with Crippen LogP contribution in [0.5, 0.6) is 0 Å². The Morgan fingerprint density at radius 2 is 2.27 bits per heavy atom. The highest BCUT2D eigenvalue weighted by atomic mass is 127. The van der Waals surface area contributed by atoms with Crippen molar-refractivity contribution in [1.29, 1.82) is 0 Å². The molecular weight excluding hydrogens is 480 g/mol. The first-order valence-corrected chi connectivity index (χ1v) is 9.03. The number of nitrogens with one attached hydrogen (secondary N) is 2.